The predicted molar refractivity (Wildman–Crippen MR) is 82.0 cm³/mol. The number of fused-ring (bicyclic) bond motifs is 1. The second-order valence-electron chi connectivity index (χ2n) is 4.24. The topological polar surface area (TPSA) is 58.5 Å². The maximum Gasteiger partial charge on any atom is 0.285 e. The van der Waals surface area contributed by atoms with Crippen molar-refractivity contribution < 1.29 is 8.42 Å². The number of sulfonamides is 1. The van der Waals surface area contributed by atoms with E-state index in [-0.39, 0.29) is 4.90 Å². The van der Waals surface area contributed by atoms with Gasteiger partial charge in [-0.2, -0.15) is 8.42 Å². The second-order valence-corrected chi connectivity index (χ2v) is 6.66. The summed E-state index contributed by atoms with van der Waals surface area (Å²) in [5.41, 5.74) is 1.47. The minimum absolute atomic E-state index is 0.254. The van der Waals surface area contributed by atoms with Crippen LogP contribution in [0.2, 0.25) is 0 Å². The summed E-state index contributed by atoms with van der Waals surface area (Å²) in [6.45, 7) is 0. The molecule has 6 heteroatoms. The van der Waals surface area contributed by atoms with Crippen LogP contribution in [-0.4, -0.2) is 20.5 Å². The third-order valence-electron chi connectivity index (χ3n) is 2.99. The van der Waals surface area contributed by atoms with Crippen molar-refractivity contribution in [3.05, 3.63) is 54.1 Å². The molecule has 1 heterocycles. The van der Waals surface area contributed by atoms with Crippen LogP contribution in [0.1, 0.15) is 5.56 Å². The van der Waals surface area contributed by atoms with E-state index in [2.05, 4.69) is 9.71 Å². The predicted octanol–water partition coefficient (Wildman–Crippen LogP) is 2.97. The molecule has 0 atom stereocenters. The normalized spacial score (nSPS) is 15.6. The Hall–Kier alpha value is -1.79. The standard InChI is InChI=1S/C14H12N2O2S2/c1-19-12-8-4-3-7-11(12)15-14-10-6-2-5-9-13(10)20(17,18)16-14/h2-9H,1H3,(H,15,16). The van der Waals surface area contributed by atoms with Crippen LogP contribution in [0.4, 0.5) is 5.69 Å². The summed E-state index contributed by atoms with van der Waals surface area (Å²) in [6.07, 6.45) is 1.97. The van der Waals surface area contributed by atoms with E-state index in [0.717, 1.165) is 10.6 Å². The van der Waals surface area contributed by atoms with Crippen molar-refractivity contribution in [2.75, 3.05) is 11.6 Å². The second kappa shape index (κ2) is 4.96. The summed E-state index contributed by atoms with van der Waals surface area (Å²) in [7, 11) is -3.58. The van der Waals surface area contributed by atoms with Gasteiger partial charge in [-0.05, 0) is 30.5 Å². The third-order valence-corrected chi connectivity index (χ3v) is 5.12. The third kappa shape index (κ3) is 2.21. The maximum atomic E-state index is 12.0. The van der Waals surface area contributed by atoms with E-state index in [9.17, 15) is 8.42 Å². The number of benzene rings is 2. The highest BCUT2D eigenvalue weighted by Gasteiger charge is 2.28. The molecule has 20 heavy (non-hydrogen) atoms. The maximum absolute atomic E-state index is 12.0. The highest BCUT2D eigenvalue weighted by atomic mass is 32.2. The van der Waals surface area contributed by atoms with Gasteiger partial charge in [0.2, 0.25) is 0 Å². The van der Waals surface area contributed by atoms with E-state index in [1.165, 1.54) is 0 Å². The number of nitrogens with one attached hydrogen (secondary N) is 1. The van der Waals surface area contributed by atoms with E-state index < -0.39 is 10.0 Å². The van der Waals surface area contributed by atoms with Gasteiger partial charge in [0.1, 0.15) is 4.90 Å². The largest absolute Gasteiger partial charge is 0.338 e. The lowest BCUT2D eigenvalue weighted by Gasteiger charge is -2.10. The molecule has 0 radical (unpaired) electrons. The summed E-state index contributed by atoms with van der Waals surface area (Å²) in [6, 6.07) is 14.6. The molecule has 102 valence electrons. The van der Waals surface area contributed by atoms with Gasteiger partial charge in [-0.1, -0.05) is 24.3 Å². The van der Waals surface area contributed by atoms with Gasteiger partial charge in [-0.25, -0.2) is 0 Å². The smallest absolute Gasteiger partial charge is 0.285 e. The van der Waals surface area contributed by atoms with Gasteiger partial charge in [-0.3, -0.25) is 0 Å². The molecule has 1 N–H and O–H groups in total. The number of anilines is 1. The van der Waals surface area contributed by atoms with Gasteiger partial charge >= 0.3 is 0 Å². The van der Waals surface area contributed by atoms with E-state index >= 15 is 0 Å². The lowest BCUT2D eigenvalue weighted by Crippen LogP contribution is -2.11. The van der Waals surface area contributed by atoms with Crippen LogP contribution >= 0.6 is 11.8 Å². The first-order chi connectivity index (χ1) is 9.62. The minimum atomic E-state index is -3.58. The van der Waals surface area contributed by atoms with Crippen molar-refractivity contribution in [2.45, 2.75) is 9.79 Å². The minimum Gasteiger partial charge on any atom is -0.338 e. The first kappa shape index (κ1) is 13.2. The van der Waals surface area contributed by atoms with Crippen molar-refractivity contribution >= 4 is 33.3 Å². The molecule has 0 aromatic heterocycles. The number of rotatable bonds is 2. The summed E-state index contributed by atoms with van der Waals surface area (Å²) in [5.74, 6) is 0.377. The zero-order valence-corrected chi connectivity index (χ0v) is 12.3. The van der Waals surface area contributed by atoms with Crippen LogP contribution in [0.3, 0.4) is 0 Å². The van der Waals surface area contributed by atoms with Gasteiger partial charge in [0.05, 0.1) is 5.69 Å². The van der Waals surface area contributed by atoms with Crippen molar-refractivity contribution in [1.82, 2.24) is 0 Å². The lowest BCUT2D eigenvalue weighted by atomic mass is 10.2. The van der Waals surface area contributed by atoms with Gasteiger partial charge in [0.15, 0.2) is 5.84 Å². The molecule has 4 nitrogen and oxygen atoms in total. The van der Waals surface area contributed by atoms with E-state index in [1.807, 2.05) is 30.5 Å². The van der Waals surface area contributed by atoms with E-state index in [4.69, 9.17) is 0 Å². The average molecular weight is 304 g/mol. The molecule has 1 aliphatic heterocycles. The Kier molecular flexibility index (Phi) is 3.27. The molecular formula is C14H12N2O2S2. The molecule has 0 unspecified atom stereocenters. The zero-order valence-electron chi connectivity index (χ0n) is 10.7. The Morgan fingerprint density at radius 1 is 1.05 bits per heavy atom. The van der Waals surface area contributed by atoms with Crippen LogP contribution in [0.15, 0.2) is 62.7 Å². The van der Waals surface area contributed by atoms with Crippen LogP contribution in [0.5, 0.6) is 0 Å². The van der Waals surface area contributed by atoms with Crippen molar-refractivity contribution in [3.63, 3.8) is 0 Å². The average Bonchev–Trinajstić information content (AvgIpc) is 2.71. The fourth-order valence-electron chi connectivity index (χ4n) is 2.07. The zero-order chi connectivity index (χ0) is 14.2. The number of amidine groups is 1. The quantitative estimate of drug-likeness (QED) is 0.867. The fourth-order valence-corrected chi connectivity index (χ4v) is 3.80. The molecule has 0 saturated carbocycles. The van der Waals surface area contributed by atoms with Crippen LogP contribution in [0, 0.1) is 0 Å². The molecule has 0 fully saturated rings. The molecule has 3 rings (SSSR count). The first-order valence-electron chi connectivity index (χ1n) is 5.96. The Bertz CT molecular complexity index is 798. The Morgan fingerprint density at radius 3 is 2.55 bits per heavy atom. The summed E-state index contributed by atoms with van der Waals surface area (Å²) in [4.78, 5) is 1.29. The number of hydrogen-bond donors (Lipinski definition) is 1. The fraction of sp³-hybridized carbons (Fsp3) is 0.0714. The van der Waals surface area contributed by atoms with E-state index in [0.29, 0.717) is 11.4 Å². The molecule has 0 aliphatic carbocycles. The van der Waals surface area contributed by atoms with Crippen LogP contribution < -0.4 is 5.32 Å². The van der Waals surface area contributed by atoms with Gasteiger partial charge in [-0.15, -0.1) is 16.2 Å². The summed E-state index contributed by atoms with van der Waals surface area (Å²) >= 11 is 1.59. The van der Waals surface area contributed by atoms with E-state index in [1.54, 1.807) is 36.0 Å². The number of nitrogens with zero attached hydrogens (tertiary/aromatic N) is 1. The molecule has 1 aliphatic rings. The van der Waals surface area contributed by atoms with Gasteiger partial charge in [0.25, 0.3) is 10.0 Å². The monoisotopic (exact) mass is 304 g/mol. The Morgan fingerprint density at radius 2 is 1.75 bits per heavy atom. The molecule has 0 saturated heterocycles. The van der Waals surface area contributed by atoms with Gasteiger partial charge in [0, 0.05) is 10.5 Å². The Balaban J connectivity index is 2.05. The molecule has 2 aromatic carbocycles. The Labute approximate surface area is 122 Å². The van der Waals surface area contributed by atoms with Crippen molar-refractivity contribution in [1.29, 1.82) is 0 Å². The summed E-state index contributed by atoms with van der Waals surface area (Å²) in [5, 5.41) is 3.12. The molecule has 0 bridgehead atoms. The van der Waals surface area contributed by atoms with Crippen LogP contribution in [0.25, 0.3) is 0 Å². The molecule has 2 aromatic rings. The molecule has 0 amide bonds. The molecular weight excluding hydrogens is 292 g/mol. The number of thioether (sulfide) groups is 1. The van der Waals surface area contributed by atoms with Crippen molar-refractivity contribution in [2.24, 2.45) is 4.40 Å². The van der Waals surface area contributed by atoms with Crippen molar-refractivity contribution in [3.8, 4) is 0 Å². The first-order valence-corrected chi connectivity index (χ1v) is 8.63. The number of hydrogen-bond acceptors (Lipinski definition) is 4. The molecule has 0 spiro atoms. The van der Waals surface area contributed by atoms with Crippen LogP contribution in [-0.2, 0) is 10.0 Å². The highest BCUT2D eigenvalue weighted by Crippen LogP contribution is 2.29. The summed E-state index contributed by atoms with van der Waals surface area (Å²) < 4.78 is 27.8. The lowest BCUT2D eigenvalue weighted by molar-refractivity contribution is 0.599. The van der Waals surface area contributed by atoms with Gasteiger partial charge < -0.3 is 5.32 Å². The highest BCUT2D eigenvalue weighted by molar-refractivity contribution is 7.98. The number of para-hydroxylation sites is 1. The SMILES string of the molecule is CSc1ccccc1NC1=NS(=O)(=O)c2ccccc21.